The van der Waals surface area contributed by atoms with Crippen molar-refractivity contribution < 1.29 is 17.9 Å². The van der Waals surface area contributed by atoms with Crippen LogP contribution >= 0.6 is 11.6 Å². The van der Waals surface area contributed by atoms with Crippen LogP contribution in [-0.4, -0.2) is 17.8 Å². The van der Waals surface area contributed by atoms with Crippen LogP contribution in [-0.2, 0) is 4.74 Å². The molecule has 0 unspecified atom stereocenters. The van der Waals surface area contributed by atoms with Gasteiger partial charge in [-0.15, -0.1) is 24.8 Å². The summed E-state index contributed by atoms with van der Waals surface area (Å²) in [4.78, 5) is 0. The van der Waals surface area contributed by atoms with Crippen LogP contribution in [0.15, 0.2) is 0 Å². The van der Waals surface area contributed by atoms with Crippen LogP contribution in [0.25, 0.3) is 0 Å². The van der Waals surface area contributed by atoms with E-state index in [2.05, 4.69) is 4.74 Å². The number of ether oxygens (including phenoxy) is 1. The number of alkyl halides is 4. The van der Waals surface area contributed by atoms with Crippen molar-refractivity contribution in [1.29, 1.82) is 0 Å². The van der Waals surface area contributed by atoms with Crippen LogP contribution in [0.3, 0.4) is 0 Å². The summed E-state index contributed by atoms with van der Waals surface area (Å²) in [6.07, 6.45) is 2.15. The maximum atomic E-state index is 12.1. The van der Waals surface area contributed by atoms with Gasteiger partial charge in [-0.05, 0) is 63.2 Å². The Balaban J connectivity index is 1.73. The lowest BCUT2D eigenvalue weighted by Gasteiger charge is -2.36. The molecule has 0 bridgehead atoms. The Morgan fingerprint density at radius 2 is 1.22 bits per heavy atom. The Labute approximate surface area is 111 Å². The average Bonchev–Trinajstić information content (AvgIpc) is 2.29. The first-order valence-electron chi connectivity index (χ1n) is 6.82. The summed E-state index contributed by atoms with van der Waals surface area (Å²) in [5, 5.41) is 0.311. The highest BCUT2D eigenvalue weighted by atomic mass is 35.5. The van der Waals surface area contributed by atoms with Crippen molar-refractivity contribution in [1.82, 2.24) is 0 Å². The molecule has 0 heterocycles. The van der Waals surface area contributed by atoms with Gasteiger partial charge >= 0.3 is 6.36 Å². The molecule has 1 nitrogen and oxygen atoms in total. The molecule has 2 rings (SSSR count). The summed E-state index contributed by atoms with van der Waals surface area (Å²) in [7, 11) is 0. The predicted molar refractivity (Wildman–Crippen MR) is 64.5 cm³/mol. The average molecular weight is 285 g/mol. The van der Waals surface area contributed by atoms with Crippen LogP contribution in [0.2, 0.25) is 0 Å². The fourth-order valence-electron chi connectivity index (χ4n) is 3.42. The van der Waals surface area contributed by atoms with Crippen LogP contribution in [0.4, 0.5) is 13.2 Å². The first kappa shape index (κ1) is 14.4. The van der Waals surface area contributed by atoms with E-state index in [4.69, 9.17) is 11.6 Å². The molecule has 2 fully saturated rings. The van der Waals surface area contributed by atoms with Crippen LogP contribution < -0.4 is 0 Å². The Hall–Kier alpha value is 0.0400. The summed E-state index contributed by atoms with van der Waals surface area (Å²) in [5.41, 5.74) is 0. The van der Waals surface area contributed by atoms with E-state index < -0.39 is 12.5 Å². The van der Waals surface area contributed by atoms with Gasteiger partial charge in [0.2, 0.25) is 0 Å². The zero-order chi connectivity index (χ0) is 13.2. The molecular formula is C13H20ClF3O. The molecule has 0 amide bonds. The zero-order valence-corrected chi connectivity index (χ0v) is 11.1. The van der Waals surface area contributed by atoms with Gasteiger partial charge in [0.15, 0.2) is 0 Å². The minimum Gasteiger partial charge on any atom is -0.289 e. The predicted octanol–water partition coefficient (Wildman–Crippen LogP) is 4.88. The minimum absolute atomic E-state index is 0.311. The molecule has 5 heteroatoms. The quantitative estimate of drug-likeness (QED) is 0.657. The molecule has 0 atom stereocenters. The van der Waals surface area contributed by atoms with E-state index in [-0.39, 0.29) is 0 Å². The van der Waals surface area contributed by atoms with Gasteiger partial charge in [-0.3, -0.25) is 4.74 Å². The smallest absolute Gasteiger partial charge is 0.289 e. The highest BCUT2D eigenvalue weighted by Gasteiger charge is 2.37. The van der Waals surface area contributed by atoms with E-state index >= 15 is 0 Å². The van der Waals surface area contributed by atoms with Gasteiger partial charge in [0.1, 0.15) is 0 Å². The van der Waals surface area contributed by atoms with Crippen molar-refractivity contribution in [3.8, 4) is 0 Å². The number of hydrogen-bond acceptors (Lipinski definition) is 1. The molecule has 18 heavy (non-hydrogen) atoms. The maximum Gasteiger partial charge on any atom is 0.522 e. The van der Waals surface area contributed by atoms with Gasteiger partial charge in [0, 0.05) is 5.38 Å². The standard InChI is InChI=1S/C13H20ClF3O/c14-11-5-1-9(2-6-11)10-3-7-12(8-4-10)18-13(15,16)17/h9-12H,1-8H2. The Kier molecular flexibility index (Phi) is 4.81. The molecule has 0 N–H and O–H groups in total. The molecule has 0 radical (unpaired) electrons. The van der Waals surface area contributed by atoms with Crippen molar-refractivity contribution in [2.75, 3.05) is 0 Å². The van der Waals surface area contributed by atoms with Gasteiger partial charge in [-0.2, -0.15) is 0 Å². The minimum atomic E-state index is -4.48. The molecular weight excluding hydrogens is 265 g/mol. The second-order valence-corrected chi connectivity index (χ2v) is 6.23. The highest BCUT2D eigenvalue weighted by molar-refractivity contribution is 6.20. The van der Waals surface area contributed by atoms with Crippen LogP contribution in [0, 0.1) is 11.8 Å². The number of rotatable bonds is 2. The summed E-state index contributed by atoms with van der Waals surface area (Å²) < 4.78 is 40.4. The van der Waals surface area contributed by atoms with E-state index in [1.54, 1.807) is 0 Å². The summed E-state index contributed by atoms with van der Waals surface area (Å²) >= 11 is 6.07. The highest BCUT2D eigenvalue weighted by Crippen LogP contribution is 2.40. The molecule has 0 aromatic carbocycles. The molecule has 2 saturated carbocycles. The van der Waals surface area contributed by atoms with Crippen molar-refractivity contribution in [3.05, 3.63) is 0 Å². The van der Waals surface area contributed by atoms with Crippen LogP contribution in [0.1, 0.15) is 51.4 Å². The fourth-order valence-corrected chi connectivity index (χ4v) is 3.67. The lowest BCUT2D eigenvalue weighted by Crippen LogP contribution is -2.31. The SMILES string of the molecule is FC(F)(F)OC1CCC(C2CCC(Cl)CC2)CC1. The second kappa shape index (κ2) is 6.00. The van der Waals surface area contributed by atoms with Gasteiger partial charge in [0.05, 0.1) is 6.10 Å². The van der Waals surface area contributed by atoms with Gasteiger partial charge in [0.25, 0.3) is 0 Å². The Morgan fingerprint density at radius 1 is 0.778 bits per heavy atom. The maximum absolute atomic E-state index is 12.1. The van der Waals surface area contributed by atoms with Crippen molar-refractivity contribution in [3.63, 3.8) is 0 Å². The fraction of sp³-hybridized carbons (Fsp3) is 1.00. The van der Waals surface area contributed by atoms with E-state index in [1.165, 1.54) is 0 Å². The Bertz CT molecular complexity index is 253. The monoisotopic (exact) mass is 284 g/mol. The number of halogens is 4. The van der Waals surface area contributed by atoms with E-state index in [0.29, 0.717) is 30.1 Å². The topological polar surface area (TPSA) is 9.23 Å². The molecule has 2 aliphatic rings. The third kappa shape index (κ3) is 4.30. The second-order valence-electron chi connectivity index (χ2n) is 5.61. The van der Waals surface area contributed by atoms with Gasteiger partial charge < -0.3 is 0 Å². The molecule has 0 aromatic heterocycles. The molecule has 0 spiro atoms. The van der Waals surface area contributed by atoms with E-state index in [9.17, 15) is 13.2 Å². The third-order valence-corrected chi connectivity index (χ3v) is 4.82. The molecule has 106 valence electrons. The molecule has 0 aliphatic heterocycles. The Morgan fingerprint density at radius 3 is 1.67 bits per heavy atom. The molecule has 2 aliphatic carbocycles. The third-order valence-electron chi connectivity index (χ3n) is 4.39. The van der Waals surface area contributed by atoms with Crippen molar-refractivity contribution in [2.24, 2.45) is 11.8 Å². The lowest BCUT2D eigenvalue weighted by atomic mass is 9.73. The normalized spacial score (nSPS) is 38.7. The number of hydrogen-bond donors (Lipinski definition) is 0. The van der Waals surface area contributed by atoms with Gasteiger partial charge in [-0.1, -0.05) is 0 Å². The van der Waals surface area contributed by atoms with E-state index in [0.717, 1.165) is 38.5 Å². The largest absolute Gasteiger partial charge is 0.522 e. The lowest BCUT2D eigenvalue weighted by molar-refractivity contribution is -0.346. The van der Waals surface area contributed by atoms with Crippen molar-refractivity contribution in [2.45, 2.75) is 69.2 Å². The van der Waals surface area contributed by atoms with Gasteiger partial charge in [-0.25, -0.2) is 0 Å². The molecule has 0 aromatic rings. The first-order valence-corrected chi connectivity index (χ1v) is 7.26. The van der Waals surface area contributed by atoms with E-state index in [1.807, 2.05) is 0 Å². The van der Waals surface area contributed by atoms with Crippen LogP contribution in [0.5, 0.6) is 0 Å². The summed E-state index contributed by atoms with van der Waals surface area (Å²) in [6.45, 7) is 0. The summed E-state index contributed by atoms with van der Waals surface area (Å²) in [5.74, 6) is 1.26. The molecule has 0 saturated heterocycles. The van der Waals surface area contributed by atoms with Crippen molar-refractivity contribution >= 4 is 11.6 Å². The first-order chi connectivity index (χ1) is 8.44. The summed E-state index contributed by atoms with van der Waals surface area (Å²) in [6, 6.07) is 0. The zero-order valence-electron chi connectivity index (χ0n) is 10.4.